The number of benzene rings is 1. The van der Waals surface area contributed by atoms with Gasteiger partial charge in [-0.1, -0.05) is 30.7 Å². The zero-order valence-corrected chi connectivity index (χ0v) is 12.4. The Morgan fingerprint density at radius 2 is 1.95 bits per heavy atom. The van der Waals surface area contributed by atoms with E-state index in [0.29, 0.717) is 22.7 Å². The summed E-state index contributed by atoms with van der Waals surface area (Å²) >= 11 is 11.8. The number of Topliss-reactive ketones (excluding diaryl/α,β-unsaturated/α-hetero) is 2. The molecule has 0 bridgehead atoms. The molecule has 1 aromatic carbocycles. The summed E-state index contributed by atoms with van der Waals surface area (Å²) in [7, 11) is 0. The molecule has 0 aliphatic heterocycles. The van der Waals surface area contributed by atoms with E-state index in [4.69, 9.17) is 23.4 Å². The number of rotatable bonds is 5. The molecule has 2 aromatic rings. The maximum Gasteiger partial charge on any atom is 0.180 e. The third-order valence-electron chi connectivity index (χ3n) is 2.96. The second-order valence-corrected chi connectivity index (χ2v) is 5.23. The number of carbonyl (C=O) groups excluding carboxylic acids is 2. The highest BCUT2D eigenvalue weighted by Gasteiger charge is 2.16. The average molecular weight is 310 g/mol. The summed E-state index contributed by atoms with van der Waals surface area (Å²) in [5.41, 5.74) is 1.59. The molecular weight excluding hydrogens is 297 g/mol. The van der Waals surface area contributed by atoms with Crippen LogP contribution in [0, 0.1) is 0 Å². The second-order valence-electron chi connectivity index (χ2n) is 4.43. The molecule has 0 radical (unpaired) electrons. The van der Waals surface area contributed by atoms with Gasteiger partial charge >= 0.3 is 0 Å². The first-order valence-corrected chi connectivity index (χ1v) is 6.92. The number of aromatic nitrogens is 1. The van der Waals surface area contributed by atoms with Gasteiger partial charge in [-0.05, 0) is 23.8 Å². The largest absolute Gasteiger partial charge is 0.294 e. The van der Waals surface area contributed by atoms with E-state index in [1.165, 1.54) is 16.3 Å². The van der Waals surface area contributed by atoms with Crippen LogP contribution in [-0.4, -0.2) is 15.7 Å². The van der Waals surface area contributed by atoms with Crippen molar-refractivity contribution in [2.24, 2.45) is 0 Å². The molecule has 1 aromatic heterocycles. The predicted octanol–water partition coefficient (Wildman–Crippen LogP) is 4.16. The van der Waals surface area contributed by atoms with E-state index in [0.717, 1.165) is 5.56 Å². The summed E-state index contributed by atoms with van der Waals surface area (Å²) < 4.78 is 1.18. The van der Waals surface area contributed by atoms with Crippen molar-refractivity contribution in [2.45, 2.75) is 19.8 Å². The quantitative estimate of drug-likeness (QED) is 0.778. The second kappa shape index (κ2) is 6.25. The first-order valence-electron chi connectivity index (χ1n) is 6.20. The van der Waals surface area contributed by atoms with Crippen molar-refractivity contribution in [1.29, 1.82) is 0 Å². The fraction of sp³-hybridized carbons (Fsp3) is 0.200. The van der Waals surface area contributed by atoms with Crippen LogP contribution in [0.15, 0.2) is 36.5 Å². The third-order valence-corrected chi connectivity index (χ3v) is 3.47. The maximum absolute atomic E-state index is 12.2. The molecule has 0 saturated heterocycles. The standard InChI is InChI=1S/C15H13Cl2NO2/c1-2-14(19)13-8-11(9-18(13)17)15(20)7-10-4-3-5-12(16)6-10/h3-6,8-9H,2,7H2,1H3. The molecule has 3 nitrogen and oxygen atoms in total. The van der Waals surface area contributed by atoms with Gasteiger partial charge in [0.15, 0.2) is 11.6 Å². The molecule has 0 aliphatic carbocycles. The molecule has 0 amide bonds. The summed E-state index contributed by atoms with van der Waals surface area (Å²) in [6, 6.07) is 8.66. The van der Waals surface area contributed by atoms with Gasteiger partial charge in [-0.25, -0.2) is 0 Å². The van der Waals surface area contributed by atoms with E-state index in [1.54, 1.807) is 25.1 Å². The number of ketones is 2. The van der Waals surface area contributed by atoms with Crippen molar-refractivity contribution in [1.82, 2.24) is 4.09 Å². The van der Waals surface area contributed by atoms with Gasteiger partial charge in [-0.3, -0.25) is 13.7 Å². The summed E-state index contributed by atoms with van der Waals surface area (Å²) in [6.07, 6.45) is 2.04. The van der Waals surface area contributed by atoms with E-state index in [1.807, 2.05) is 6.07 Å². The lowest BCUT2D eigenvalue weighted by molar-refractivity contribution is 0.0981. The summed E-state index contributed by atoms with van der Waals surface area (Å²) in [5, 5.41) is 0.590. The minimum atomic E-state index is -0.100. The van der Waals surface area contributed by atoms with Crippen molar-refractivity contribution in [3.05, 3.63) is 58.4 Å². The van der Waals surface area contributed by atoms with Crippen LogP contribution in [0.1, 0.15) is 39.8 Å². The van der Waals surface area contributed by atoms with Crippen LogP contribution < -0.4 is 0 Å². The van der Waals surface area contributed by atoms with Gasteiger partial charge in [0.25, 0.3) is 0 Å². The zero-order chi connectivity index (χ0) is 14.7. The van der Waals surface area contributed by atoms with E-state index < -0.39 is 0 Å². The lowest BCUT2D eigenvalue weighted by atomic mass is 10.0. The molecule has 20 heavy (non-hydrogen) atoms. The minimum absolute atomic E-state index is 0.0956. The predicted molar refractivity (Wildman–Crippen MR) is 79.8 cm³/mol. The SMILES string of the molecule is CCC(=O)c1cc(C(=O)Cc2cccc(Cl)c2)cn1Cl. The first kappa shape index (κ1) is 14.8. The Morgan fingerprint density at radius 1 is 1.20 bits per heavy atom. The molecule has 2 rings (SSSR count). The van der Waals surface area contributed by atoms with Gasteiger partial charge in [0.05, 0.1) is 0 Å². The first-order chi connectivity index (χ1) is 9.51. The molecule has 0 atom stereocenters. The van der Waals surface area contributed by atoms with Crippen LogP contribution in [-0.2, 0) is 6.42 Å². The summed E-state index contributed by atoms with van der Waals surface area (Å²) in [4.78, 5) is 23.8. The number of nitrogens with zero attached hydrogens (tertiary/aromatic N) is 1. The van der Waals surface area contributed by atoms with Gasteiger partial charge in [0.2, 0.25) is 0 Å². The maximum atomic E-state index is 12.2. The van der Waals surface area contributed by atoms with Crippen LogP contribution in [0.4, 0.5) is 0 Å². The lowest BCUT2D eigenvalue weighted by Crippen LogP contribution is -2.02. The molecule has 0 fully saturated rings. The zero-order valence-electron chi connectivity index (χ0n) is 10.9. The summed E-state index contributed by atoms with van der Waals surface area (Å²) in [5.74, 6) is -0.196. The van der Waals surface area contributed by atoms with E-state index >= 15 is 0 Å². The van der Waals surface area contributed by atoms with Crippen molar-refractivity contribution in [3.63, 3.8) is 0 Å². The highest BCUT2D eigenvalue weighted by Crippen LogP contribution is 2.17. The van der Waals surface area contributed by atoms with Crippen molar-refractivity contribution < 1.29 is 9.59 Å². The monoisotopic (exact) mass is 309 g/mol. The highest BCUT2D eigenvalue weighted by molar-refractivity contribution is 6.30. The molecule has 5 heteroatoms. The molecule has 0 N–H and O–H groups in total. The van der Waals surface area contributed by atoms with E-state index in [2.05, 4.69) is 0 Å². The minimum Gasteiger partial charge on any atom is -0.294 e. The normalized spacial score (nSPS) is 10.6. The Kier molecular flexibility index (Phi) is 4.63. The Hall–Kier alpha value is -1.58. The highest BCUT2D eigenvalue weighted by atomic mass is 35.5. The van der Waals surface area contributed by atoms with Crippen LogP contribution in [0.3, 0.4) is 0 Å². The molecular formula is C15H13Cl2NO2. The van der Waals surface area contributed by atoms with Crippen LogP contribution in [0.2, 0.25) is 5.02 Å². The van der Waals surface area contributed by atoms with E-state index in [9.17, 15) is 9.59 Å². The van der Waals surface area contributed by atoms with Gasteiger partial charge in [0.1, 0.15) is 5.69 Å². The number of hydrogen-bond donors (Lipinski definition) is 0. The number of carbonyl (C=O) groups is 2. The van der Waals surface area contributed by atoms with Crippen LogP contribution in [0.5, 0.6) is 0 Å². The Labute approximate surface area is 127 Å². The molecule has 0 aliphatic rings. The Balaban J connectivity index is 2.20. The number of hydrogen-bond acceptors (Lipinski definition) is 2. The van der Waals surface area contributed by atoms with Crippen LogP contribution in [0.25, 0.3) is 0 Å². The van der Waals surface area contributed by atoms with Crippen molar-refractivity contribution >= 4 is 34.9 Å². The Bertz CT molecular complexity index is 662. The molecule has 1 heterocycles. The smallest absolute Gasteiger partial charge is 0.180 e. The Morgan fingerprint density at radius 3 is 2.60 bits per heavy atom. The third kappa shape index (κ3) is 3.30. The molecule has 0 unspecified atom stereocenters. The number of halogens is 2. The lowest BCUT2D eigenvalue weighted by Gasteiger charge is -1.99. The average Bonchev–Trinajstić information content (AvgIpc) is 2.80. The van der Waals surface area contributed by atoms with Gasteiger partial charge in [-0.2, -0.15) is 0 Å². The van der Waals surface area contributed by atoms with Crippen molar-refractivity contribution in [3.8, 4) is 0 Å². The van der Waals surface area contributed by atoms with Gasteiger partial charge in [-0.15, -0.1) is 0 Å². The van der Waals surface area contributed by atoms with Crippen LogP contribution >= 0.6 is 23.4 Å². The topological polar surface area (TPSA) is 39.1 Å². The molecule has 0 spiro atoms. The fourth-order valence-electron chi connectivity index (χ4n) is 1.91. The van der Waals surface area contributed by atoms with E-state index in [-0.39, 0.29) is 18.0 Å². The molecule has 0 saturated carbocycles. The fourth-order valence-corrected chi connectivity index (χ4v) is 2.37. The van der Waals surface area contributed by atoms with Crippen molar-refractivity contribution in [2.75, 3.05) is 0 Å². The summed E-state index contributed by atoms with van der Waals surface area (Å²) in [6.45, 7) is 1.75. The van der Waals surface area contributed by atoms with Gasteiger partial charge in [0, 0.05) is 41.4 Å². The van der Waals surface area contributed by atoms with Gasteiger partial charge < -0.3 is 0 Å². The molecule has 104 valence electrons.